The van der Waals surface area contributed by atoms with Crippen LogP contribution in [0.1, 0.15) is 0 Å². The quantitative estimate of drug-likeness (QED) is 0.487. The molecule has 0 unspecified atom stereocenters. The van der Waals surface area contributed by atoms with E-state index in [0.717, 1.165) is 0 Å². The number of hydrogen-bond donors (Lipinski definition) is 0. The molecule has 35 valence electrons. The molecule has 0 bridgehead atoms. The predicted molar refractivity (Wildman–Crippen MR) is 26.1 cm³/mol. The number of benzene rings is 1. The summed E-state index contributed by atoms with van der Waals surface area (Å²) in [5, 5.41) is 0. The number of hydrogen-bond acceptors (Lipinski definition) is 0. The van der Waals surface area contributed by atoms with Gasteiger partial charge in [-0.2, -0.15) is 0 Å². The van der Waals surface area contributed by atoms with Gasteiger partial charge in [-0.15, -0.1) is 0 Å². The van der Waals surface area contributed by atoms with E-state index < -0.39 is 0 Å². The molecule has 1 heteroatoms. The topological polar surface area (TPSA) is 0 Å². The van der Waals surface area contributed by atoms with Crippen molar-refractivity contribution in [1.82, 2.24) is 0 Å². The van der Waals surface area contributed by atoms with E-state index in [1.807, 2.05) is 30.3 Å². The summed E-state index contributed by atoms with van der Waals surface area (Å²) in [6.07, 6.45) is 0. The summed E-state index contributed by atoms with van der Waals surface area (Å²) < 4.78 is 1.20. The maximum absolute atomic E-state index is 2.90. The van der Waals surface area contributed by atoms with E-state index in [1.54, 1.807) is 0 Å². The van der Waals surface area contributed by atoms with Gasteiger partial charge < -0.3 is 0 Å². The molecule has 7 heavy (non-hydrogen) atoms. The molecule has 0 heterocycles. The molecule has 1 aromatic carbocycles. The Kier molecular flexibility index (Phi) is 1.51. The molecule has 0 aliphatic carbocycles. The number of rotatable bonds is 0. The van der Waals surface area contributed by atoms with Gasteiger partial charge in [0, 0.05) is 0 Å². The molecule has 0 aromatic heterocycles. The molecule has 0 aliphatic rings. The van der Waals surface area contributed by atoms with Crippen molar-refractivity contribution < 1.29 is 16.3 Å². The van der Waals surface area contributed by atoms with Crippen LogP contribution in [0.25, 0.3) is 0 Å². The van der Waals surface area contributed by atoms with Crippen molar-refractivity contribution in [3.63, 3.8) is 0 Å². The van der Waals surface area contributed by atoms with Gasteiger partial charge in [0.2, 0.25) is 0 Å². The minimum absolute atomic E-state index is 1.20. The summed E-state index contributed by atoms with van der Waals surface area (Å²) in [6.45, 7) is 0. The average Bonchev–Trinajstić information content (AvgIpc) is 1.69. The summed E-state index contributed by atoms with van der Waals surface area (Å²) >= 11 is 2.90. The van der Waals surface area contributed by atoms with E-state index in [2.05, 4.69) is 16.3 Å². The second-order valence-electron chi connectivity index (χ2n) is 1.31. The normalized spacial score (nSPS) is 8.57. The van der Waals surface area contributed by atoms with Gasteiger partial charge >= 0.3 is 51.0 Å². The zero-order valence-corrected chi connectivity index (χ0v) is 5.07. The standard InChI is InChI=1S/C6H5.Cr/c1-2-4-6-5-3-1;/h1-5H;. The van der Waals surface area contributed by atoms with Gasteiger partial charge in [-0.3, -0.25) is 0 Å². The van der Waals surface area contributed by atoms with Crippen LogP contribution in [-0.2, 0) is 16.3 Å². The average molecular weight is 129 g/mol. The molecule has 0 saturated heterocycles. The Hall–Kier alpha value is -0.248. The monoisotopic (exact) mass is 129 g/mol. The van der Waals surface area contributed by atoms with Crippen LogP contribution in [0.4, 0.5) is 0 Å². The summed E-state index contributed by atoms with van der Waals surface area (Å²) in [7, 11) is 0. The van der Waals surface area contributed by atoms with E-state index >= 15 is 0 Å². The van der Waals surface area contributed by atoms with Crippen molar-refractivity contribution in [2.75, 3.05) is 0 Å². The third kappa shape index (κ3) is 1.35. The predicted octanol–water partition coefficient (Wildman–Crippen LogP) is 0.859. The van der Waals surface area contributed by atoms with Crippen molar-refractivity contribution in [3.8, 4) is 0 Å². The van der Waals surface area contributed by atoms with E-state index in [1.165, 1.54) is 4.43 Å². The third-order valence-electron chi connectivity index (χ3n) is 0.743. The zero-order chi connectivity index (χ0) is 5.11. The van der Waals surface area contributed by atoms with Crippen molar-refractivity contribution in [2.45, 2.75) is 0 Å². The molecule has 0 spiro atoms. The third-order valence-corrected chi connectivity index (χ3v) is 1.17. The van der Waals surface area contributed by atoms with Crippen LogP contribution < -0.4 is 4.43 Å². The molecule has 1 aromatic rings. The molecular weight excluding hydrogens is 124 g/mol. The Labute approximate surface area is 51.6 Å². The Balaban J connectivity index is 3.02. The SMILES string of the molecule is [Cr][c]1ccccc1. The molecule has 0 amide bonds. The van der Waals surface area contributed by atoms with Crippen molar-refractivity contribution in [1.29, 1.82) is 0 Å². The molecule has 0 radical (unpaired) electrons. The van der Waals surface area contributed by atoms with Crippen molar-refractivity contribution in [2.24, 2.45) is 0 Å². The molecule has 1 rings (SSSR count). The summed E-state index contributed by atoms with van der Waals surface area (Å²) in [5.41, 5.74) is 0. The second kappa shape index (κ2) is 2.16. The maximum atomic E-state index is 2.90. The summed E-state index contributed by atoms with van der Waals surface area (Å²) in [4.78, 5) is 0. The van der Waals surface area contributed by atoms with E-state index in [-0.39, 0.29) is 0 Å². The Bertz CT molecular complexity index is 134. The fourth-order valence-corrected chi connectivity index (χ4v) is 0.666. The first-order valence-corrected chi connectivity index (χ1v) is 2.75. The molecule has 0 saturated carbocycles. The molecule has 0 aliphatic heterocycles. The van der Waals surface area contributed by atoms with Gasteiger partial charge in [-0.1, -0.05) is 0 Å². The molecule has 0 nitrogen and oxygen atoms in total. The molecular formula is C6H5Cr. The fraction of sp³-hybridized carbons (Fsp3) is 0. The summed E-state index contributed by atoms with van der Waals surface area (Å²) in [6, 6.07) is 10.1. The first-order chi connectivity index (χ1) is 3.39. The Morgan fingerprint density at radius 1 is 1.00 bits per heavy atom. The van der Waals surface area contributed by atoms with Crippen molar-refractivity contribution in [3.05, 3.63) is 30.3 Å². The Morgan fingerprint density at radius 3 is 1.86 bits per heavy atom. The van der Waals surface area contributed by atoms with Gasteiger partial charge in [-0.25, -0.2) is 0 Å². The second-order valence-corrected chi connectivity index (χ2v) is 2.05. The van der Waals surface area contributed by atoms with E-state index in [9.17, 15) is 0 Å². The minimum atomic E-state index is 1.20. The van der Waals surface area contributed by atoms with Crippen molar-refractivity contribution >= 4 is 4.43 Å². The molecule has 0 N–H and O–H groups in total. The van der Waals surface area contributed by atoms with Gasteiger partial charge in [0.05, 0.1) is 0 Å². The zero-order valence-electron chi connectivity index (χ0n) is 3.79. The van der Waals surface area contributed by atoms with Crippen LogP contribution in [0, 0.1) is 0 Å². The first kappa shape index (κ1) is 4.90. The van der Waals surface area contributed by atoms with Crippen LogP contribution in [-0.4, -0.2) is 0 Å². The molecule has 0 fully saturated rings. The van der Waals surface area contributed by atoms with Gasteiger partial charge in [0.15, 0.2) is 0 Å². The van der Waals surface area contributed by atoms with Gasteiger partial charge in [0.25, 0.3) is 0 Å². The van der Waals surface area contributed by atoms with Gasteiger partial charge in [-0.05, 0) is 0 Å². The van der Waals surface area contributed by atoms with E-state index in [0.29, 0.717) is 0 Å². The van der Waals surface area contributed by atoms with Crippen LogP contribution in [0.3, 0.4) is 0 Å². The molecule has 0 atom stereocenters. The van der Waals surface area contributed by atoms with Gasteiger partial charge in [0.1, 0.15) is 0 Å². The van der Waals surface area contributed by atoms with Crippen LogP contribution >= 0.6 is 0 Å². The van der Waals surface area contributed by atoms with E-state index in [4.69, 9.17) is 0 Å². The van der Waals surface area contributed by atoms with Crippen LogP contribution in [0.15, 0.2) is 30.3 Å². The Morgan fingerprint density at radius 2 is 1.57 bits per heavy atom. The summed E-state index contributed by atoms with van der Waals surface area (Å²) in [5.74, 6) is 0. The van der Waals surface area contributed by atoms with Crippen LogP contribution in [0.5, 0.6) is 0 Å². The van der Waals surface area contributed by atoms with Crippen LogP contribution in [0.2, 0.25) is 0 Å². The first-order valence-electron chi connectivity index (χ1n) is 2.11. The fourth-order valence-electron chi connectivity index (χ4n) is 0.420.